The van der Waals surface area contributed by atoms with Gasteiger partial charge < -0.3 is 10.0 Å². The van der Waals surface area contributed by atoms with E-state index in [2.05, 4.69) is 6.07 Å². The van der Waals surface area contributed by atoms with E-state index >= 15 is 0 Å². The maximum absolute atomic E-state index is 13.3. The van der Waals surface area contributed by atoms with Gasteiger partial charge in [-0.25, -0.2) is 0 Å². The topological polar surface area (TPSA) is 57.6 Å². The Morgan fingerprint density at radius 2 is 1.88 bits per heavy atom. The fourth-order valence-corrected chi connectivity index (χ4v) is 4.69. The Hall–Kier alpha value is -1.55. The number of aliphatic carboxylic acids is 1. The van der Waals surface area contributed by atoms with E-state index in [-0.39, 0.29) is 23.7 Å². The van der Waals surface area contributed by atoms with Crippen LogP contribution in [0.4, 0.5) is 0 Å². The summed E-state index contributed by atoms with van der Waals surface area (Å²) in [7, 11) is 0. The minimum absolute atomic E-state index is 0.203. The summed E-state index contributed by atoms with van der Waals surface area (Å²) in [6.45, 7) is 1.38. The molecule has 2 fully saturated rings. The number of halogens is 1. The molecule has 1 heterocycles. The van der Waals surface area contributed by atoms with Crippen LogP contribution in [0.25, 0.3) is 0 Å². The number of benzene rings is 1. The number of piperidine rings is 1. The fraction of sp³-hybridized carbons (Fsp3) is 0.600. The Bertz CT molecular complexity index is 632. The number of carbonyl (C=O) groups excluding carboxylic acids is 1. The first-order valence-corrected chi connectivity index (χ1v) is 9.62. The number of carboxylic acid groups (broad SMARTS) is 1. The third kappa shape index (κ3) is 4.35. The molecule has 0 bridgehead atoms. The van der Waals surface area contributed by atoms with Crippen LogP contribution < -0.4 is 0 Å². The van der Waals surface area contributed by atoms with Gasteiger partial charge in [-0.1, -0.05) is 36.6 Å². The van der Waals surface area contributed by atoms with E-state index in [1.165, 1.54) is 0 Å². The van der Waals surface area contributed by atoms with Crippen molar-refractivity contribution in [2.75, 3.05) is 13.1 Å². The van der Waals surface area contributed by atoms with Crippen LogP contribution in [0.15, 0.2) is 24.3 Å². The Morgan fingerprint density at radius 3 is 2.48 bits per heavy atom. The molecule has 1 saturated carbocycles. The summed E-state index contributed by atoms with van der Waals surface area (Å²) in [5.74, 6) is -0.272. The van der Waals surface area contributed by atoms with Crippen LogP contribution >= 0.6 is 11.6 Å². The van der Waals surface area contributed by atoms with E-state index in [4.69, 9.17) is 16.7 Å². The summed E-state index contributed by atoms with van der Waals surface area (Å²) < 4.78 is 0. The molecule has 1 saturated heterocycles. The van der Waals surface area contributed by atoms with Crippen molar-refractivity contribution in [2.24, 2.45) is 11.3 Å². The Balaban J connectivity index is 1.68. The molecule has 3 rings (SSSR count). The lowest BCUT2D eigenvalue weighted by molar-refractivity contribution is -0.144. The maximum atomic E-state index is 13.3. The van der Waals surface area contributed by atoms with Gasteiger partial charge in [0.25, 0.3) is 0 Å². The molecule has 1 amide bonds. The van der Waals surface area contributed by atoms with Crippen molar-refractivity contribution in [3.63, 3.8) is 0 Å². The fourth-order valence-electron chi connectivity index (χ4n) is 4.48. The van der Waals surface area contributed by atoms with Crippen LogP contribution in [0, 0.1) is 11.3 Å². The third-order valence-electron chi connectivity index (χ3n) is 5.81. The highest BCUT2D eigenvalue weighted by Gasteiger charge is 2.44. The predicted octanol–water partition coefficient (Wildman–Crippen LogP) is 4.16. The van der Waals surface area contributed by atoms with Gasteiger partial charge in [-0.3, -0.25) is 9.59 Å². The molecule has 2 aliphatic rings. The van der Waals surface area contributed by atoms with Crippen LogP contribution in [0.5, 0.6) is 0 Å². The van der Waals surface area contributed by atoms with Gasteiger partial charge in [0.1, 0.15) is 0 Å². The summed E-state index contributed by atoms with van der Waals surface area (Å²) in [5.41, 5.74) is 0.827. The quantitative estimate of drug-likeness (QED) is 0.854. The van der Waals surface area contributed by atoms with Crippen molar-refractivity contribution in [1.29, 1.82) is 0 Å². The monoisotopic (exact) mass is 363 g/mol. The first kappa shape index (κ1) is 18.2. The number of amides is 1. The Kier molecular flexibility index (Phi) is 5.67. The number of likely N-dealkylation sites (tertiary alicyclic amines) is 1. The molecule has 0 aromatic heterocycles. The lowest BCUT2D eigenvalue weighted by atomic mass is 9.78. The molecular formula is C20H26ClNO3. The van der Waals surface area contributed by atoms with Crippen LogP contribution in [-0.4, -0.2) is 35.0 Å². The van der Waals surface area contributed by atoms with Gasteiger partial charge in [-0.15, -0.1) is 0 Å². The Morgan fingerprint density at radius 1 is 1.20 bits per heavy atom. The van der Waals surface area contributed by atoms with Crippen molar-refractivity contribution in [3.8, 4) is 0 Å². The van der Waals surface area contributed by atoms with Gasteiger partial charge in [0.2, 0.25) is 5.91 Å². The maximum Gasteiger partial charge on any atom is 0.303 e. The van der Waals surface area contributed by atoms with E-state index < -0.39 is 5.97 Å². The molecule has 0 atom stereocenters. The SMILES string of the molecule is O=C(O)CC1CCN(C(=O)C2(Cc3cccc(Cl)c3)CCCC2)CC1. The smallest absolute Gasteiger partial charge is 0.303 e. The van der Waals surface area contributed by atoms with Gasteiger partial charge in [0.05, 0.1) is 5.41 Å². The second kappa shape index (κ2) is 7.77. The molecule has 4 nitrogen and oxygen atoms in total. The Labute approximate surface area is 154 Å². The summed E-state index contributed by atoms with van der Waals surface area (Å²) in [6.07, 6.45) is 6.64. The number of hydrogen-bond donors (Lipinski definition) is 1. The van der Waals surface area contributed by atoms with E-state index in [1.807, 2.05) is 23.1 Å². The molecule has 5 heteroatoms. The highest BCUT2D eigenvalue weighted by Crippen LogP contribution is 2.43. The van der Waals surface area contributed by atoms with Crippen LogP contribution in [0.2, 0.25) is 5.02 Å². The molecule has 0 spiro atoms. The standard InChI is InChI=1S/C20H26ClNO3/c21-17-5-3-4-16(12-17)14-20(8-1-2-9-20)19(25)22-10-6-15(7-11-22)13-18(23)24/h3-5,12,15H,1-2,6-11,13-14H2,(H,23,24). The molecule has 25 heavy (non-hydrogen) atoms. The molecule has 1 aliphatic heterocycles. The van der Waals surface area contributed by atoms with Crippen LogP contribution in [0.3, 0.4) is 0 Å². The lowest BCUT2D eigenvalue weighted by Gasteiger charge is -2.38. The zero-order valence-corrected chi connectivity index (χ0v) is 15.3. The average Bonchev–Trinajstić information content (AvgIpc) is 3.04. The van der Waals surface area contributed by atoms with Gasteiger partial charge in [0, 0.05) is 24.5 Å². The second-order valence-corrected chi connectivity index (χ2v) is 8.06. The number of nitrogens with zero attached hydrogens (tertiary/aromatic N) is 1. The molecule has 1 aromatic carbocycles. The van der Waals surface area contributed by atoms with Gasteiger partial charge in [-0.05, 0) is 55.7 Å². The van der Waals surface area contributed by atoms with Crippen molar-refractivity contribution in [1.82, 2.24) is 4.90 Å². The lowest BCUT2D eigenvalue weighted by Crippen LogP contribution is -2.47. The minimum Gasteiger partial charge on any atom is -0.481 e. The molecule has 1 aliphatic carbocycles. The first-order chi connectivity index (χ1) is 12.0. The summed E-state index contributed by atoms with van der Waals surface area (Å²) >= 11 is 6.12. The third-order valence-corrected chi connectivity index (χ3v) is 6.05. The van der Waals surface area contributed by atoms with Crippen LogP contribution in [0.1, 0.15) is 50.5 Å². The summed E-state index contributed by atoms with van der Waals surface area (Å²) in [4.78, 5) is 26.2. The molecule has 1 N–H and O–H groups in total. The van der Waals surface area contributed by atoms with E-state index in [9.17, 15) is 9.59 Å². The largest absolute Gasteiger partial charge is 0.481 e. The highest BCUT2D eigenvalue weighted by molar-refractivity contribution is 6.30. The van der Waals surface area contributed by atoms with Crippen molar-refractivity contribution in [2.45, 2.75) is 51.4 Å². The summed E-state index contributed by atoms with van der Waals surface area (Å²) in [5, 5.41) is 9.66. The number of rotatable bonds is 5. The molecule has 0 unspecified atom stereocenters. The molecule has 1 aromatic rings. The molecule has 0 radical (unpaired) electrons. The van der Waals surface area contributed by atoms with Gasteiger partial charge >= 0.3 is 5.97 Å². The van der Waals surface area contributed by atoms with Crippen LogP contribution in [-0.2, 0) is 16.0 Å². The highest BCUT2D eigenvalue weighted by atomic mass is 35.5. The molecule has 136 valence electrons. The normalized spacial score (nSPS) is 20.6. The second-order valence-electron chi connectivity index (χ2n) is 7.63. The van der Waals surface area contributed by atoms with E-state index in [1.54, 1.807) is 0 Å². The number of carboxylic acids is 1. The summed E-state index contributed by atoms with van der Waals surface area (Å²) in [6, 6.07) is 7.83. The van der Waals surface area contributed by atoms with E-state index in [0.29, 0.717) is 18.1 Å². The van der Waals surface area contributed by atoms with Crippen molar-refractivity contribution < 1.29 is 14.7 Å². The molecular weight excluding hydrogens is 338 g/mol. The average molecular weight is 364 g/mol. The first-order valence-electron chi connectivity index (χ1n) is 9.24. The van der Waals surface area contributed by atoms with E-state index in [0.717, 1.165) is 50.5 Å². The predicted molar refractivity (Wildman–Crippen MR) is 97.6 cm³/mol. The van der Waals surface area contributed by atoms with Gasteiger partial charge in [0.15, 0.2) is 0 Å². The van der Waals surface area contributed by atoms with Crippen molar-refractivity contribution in [3.05, 3.63) is 34.9 Å². The van der Waals surface area contributed by atoms with Gasteiger partial charge in [-0.2, -0.15) is 0 Å². The minimum atomic E-state index is -0.738. The zero-order valence-electron chi connectivity index (χ0n) is 14.5. The van der Waals surface area contributed by atoms with Crippen molar-refractivity contribution >= 4 is 23.5 Å². The number of carbonyl (C=O) groups is 2. The zero-order chi connectivity index (χ0) is 17.9. The number of hydrogen-bond acceptors (Lipinski definition) is 2.